The van der Waals surface area contributed by atoms with Crippen molar-refractivity contribution in [3.63, 3.8) is 0 Å². The molecule has 3 aromatic rings. The number of nitrogens with zero attached hydrogens (tertiary/aromatic N) is 2. The van der Waals surface area contributed by atoms with Crippen LogP contribution in [0.15, 0.2) is 54.7 Å². The van der Waals surface area contributed by atoms with Crippen LogP contribution in [0.4, 0.5) is 18.9 Å². The summed E-state index contributed by atoms with van der Waals surface area (Å²) in [4.78, 5) is 10.6. The maximum absolute atomic E-state index is 14.0. The third kappa shape index (κ3) is 4.16. The molecule has 1 atom stereocenters. The predicted octanol–water partition coefficient (Wildman–Crippen LogP) is 2.90. The summed E-state index contributed by atoms with van der Waals surface area (Å²) in [5.41, 5.74) is 2.54. The molecule has 0 saturated heterocycles. The molecule has 2 aromatic carbocycles. The van der Waals surface area contributed by atoms with Gasteiger partial charge in [-0.05, 0) is 11.6 Å². The topological polar surface area (TPSA) is 106 Å². The number of benzene rings is 2. The molecule has 1 unspecified atom stereocenters. The minimum Gasteiger partial charge on any atom is -0.375 e. The number of rotatable bonds is 8. The average Bonchev–Trinajstić information content (AvgIpc) is 3.06. The summed E-state index contributed by atoms with van der Waals surface area (Å²) in [6.45, 7) is -0.416. The van der Waals surface area contributed by atoms with Crippen molar-refractivity contribution >= 4 is 16.6 Å². The normalized spacial score (nSPS) is 14.0. The highest BCUT2D eigenvalue weighted by Crippen LogP contribution is 2.43. The Balaban J connectivity index is 2.19. The first-order valence-corrected chi connectivity index (χ1v) is 9.19. The van der Waals surface area contributed by atoms with Gasteiger partial charge < -0.3 is 20.7 Å². The molecular formula is C20H21F3N4O3. The lowest BCUT2D eigenvalue weighted by atomic mass is 9.92. The molecule has 0 aliphatic carbocycles. The summed E-state index contributed by atoms with van der Waals surface area (Å²) >= 11 is 0. The molecule has 1 heterocycles. The Morgan fingerprint density at radius 1 is 1.17 bits per heavy atom. The van der Waals surface area contributed by atoms with Crippen LogP contribution in [0, 0.1) is 10.1 Å². The van der Waals surface area contributed by atoms with Crippen molar-refractivity contribution in [3.8, 4) is 0 Å². The Labute approximate surface area is 170 Å². The van der Waals surface area contributed by atoms with Crippen LogP contribution < -0.4 is 11.1 Å². The van der Waals surface area contributed by atoms with E-state index in [2.05, 4.69) is 5.32 Å². The lowest BCUT2D eigenvalue weighted by Gasteiger charge is -2.30. The van der Waals surface area contributed by atoms with Crippen molar-refractivity contribution in [1.82, 2.24) is 9.88 Å². The van der Waals surface area contributed by atoms with Crippen molar-refractivity contribution in [2.45, 2.75) is 18.3 Å². The number of aromatic nitrogens is 1. The standard InChI is InChI=1S/C20H21F3N4O3/c21-20(22,23)19(28,13-25-9-8-24)17-12-26(11-14-4-2-1-3-5-14)18-10-15(27(29)30)6-7-16(17)18/h1-7,10,12,25,28H,8-9,11,13,24H2. The molecule has 0 fully saturated rings. The molecule has 30 heavy (non-hydrogen) atoms. The second kappa shape index (κ2) is 8.42. The summed E-state index contributed by atoms with van der Waals surface area (Å²) < 4.78 is 43.3. The SMILES string of the molecule is NCCNCC(O)(c1cn(Cc2ccccc2)c2cc([N+](=O)[O-])ccc12)C(F)(F)F. The lowest BCUT2D eigenvalue weighted by Crippen LogP contribution is -2.50. The molecule has 0 saturated carbocycles. The van der Waals surface area contributed by atoms with Gasteiger partial charge in [0, 0.05) is 55.5 Å². The van der Waals surface area contributed by atoms with Crippen LogP contribution in [-0.4, -0.2) is 40.4 Å². The highest BCUT2D eigenvalue weighted by atomic mass is 19.4. The van der Waals surface area contributed by atoms with Crippen LogP contribution in [0.3, 0.4) is 0 Å². The second-order valence-corrected chi connectivity index (χ2v) is 6.94. The number of nitrogens with two attached hydrogens (primary N) is 1. The molecule has 160 valence electrons. The highest BCUT2D eigenvalue weighted by Gasteiger charge is 2.56. The maximum Gasteiger partial charge on any atom is 0.422 e. The minimum absolute atomic E-state index is 0.0888. The Morgan fingerprint density at radius 3 is 2.47 bits per heavy atom. The predicted molar refractivity (Wildman–Crippen MR) is 106 cm³/mol. The first kappa shape index (κ1) is 21.8. The Kier molecular flexibility index (Phi) is 6.11. The van der Waals surface area contributed by atoms with Gasteiger partial charge in [0.1, 0.15) is 0 Å². The largest absolute Gasteiger partial charge is 0.422 e. The van der Waals surface area contributed by atoms with Crippen molar-refractivity contribution in [3.05, 3.63) is 76.0 Å². The van der Waals surface area contributed by atoms with E-state index in [4.69, 9.17) is 5.73 Å². The molecule has 0 amide bonds. The van der Waals surface area contributed by atoms with Gasteiger partial charge in [0.15, 0.2) is 5.60 Å². The first-order valence-electron chi connectivity index (χ1n) is 9.19. The number of nitrogens with one attached hydrogen (secondary N) is 1. The van der Waals surface area contributed by atoms with Crippen LogP contribution >= 0.6 is 0 Å². The number of hydrogen-bond acceptors (Lipinski definition) is 5. The van der Waals surface area contributed by atoms with Gasteiger partial charge in [-0.15, -0.1) is 0 Å². The Hall–Kier alpha value is -2.95. The Bertz CT molecular complexity index is 1040. The van der Waals surface area contributed by atoms with E-state index in [0.29, 0.717) is 0 Å². The van der Waals surface area contributed by atoms with Crippen LogP contribution in [0.5, 0.6) is 0 Å². The summed E-state index contributed by atoms with van der Waals surface area (Å²) in [6.07, 6.45) is -3.78. The highest BCUT2D eigenvalue weighted by molar-refractivity contribution is 5.87. The monoisotopic (exact) mass is 422 g/mol. The van der Waals surface area contributed by atoms with Gasteiger partial charge in [0.05, 0.1) is 10.4 Å². The fourth-order valence-corrected chi connectivity index (χ4v) is 3.35. The third-order valence-electron chi connectivity index (χ3n) is 4.89. The summed E-state index contributed by atoms with van der Waals surface area (Å²) in [5, 5.41) is 24.5. The van der Waals surface area contributed by atoms with E-state index in [9.17, 15) is 28.4 Å². The minimum atomic E-state index is -4.98. The fraction of sp³-hybridized carbons (Fsp3) is 0.300. The van der Waals surface area contributed by atoms with Crippen LogP contribution in [0.2, 0.25) is 0 Å². The quantitative estimate of drug-likeness (QED) is 0.294. The molecule has 0 spiro atoms. The van der Waals surface area contributed by atoms with Crippen molar-refractivity contribution in [2.75, 3.05) is 19.6 Å². The number of aliphatic hydroxyl groups is 1. The molecule has 1 aromatic heterocycles. The van der Waals surface area contributed by atoms with E-state index in [1.165, 1.54) is 22.9 Å². The molecule has 3 rings (SSSR count). The third-order valence-corrected chi connectivity index (χ3v) is 4.89. The smallest absolute Gasteiger partial charge is 0.375 e. The first-order chi connectivity index (χ1) is 14.2. The summed E-state index contributed by atoms with van der Waals surface area (Å²) in [5.74, 6) is 0. The van der Waals surface area contributed by atoms with E-state index in [0.717, 1.165) is 11.6 Å². The lowest BCUT2D eigenvalue weighted by molar-refractivity contribution is -0.384. The average molecular weight is 422 g/mol. The van der Waals surface area contributed by atoms with Crippen LogP contribution in [-0.2, 0) is 12.1 Å². The molecule has 4 N–H and O–H groups in total. The van der Waals surface area contributed by atoms with Crippen LogP contribution in [0.1, 0.15) is 11.1 Å². The maximum atomic E-state index is 14.0. The fourth-order valence-electron chi connectivity index (χ4n) is 3.35. The number of non-ortho nitro benzene ring substituents is 1. The zero-order valence-electron chi connectivity index (χ0n) is 15.9. The molecule has 0 aliphatic heterocycles. The van der Waals surface area contributed by atoms with Gasteiger partial charge in [-0.25, -0.2) is 0 Å². The number of alkyl halides is 3. The number of hydrogen-bond donors (Lipinski definition) is 3. The molecular weight excluding hydrogens is 401 g/mol. The molecule has 0 bridgehead atoms. The second-order valence-electron chi connectivity index (χ2n) is 6.94. The molecule has 0 radical (unpaired) electrons. The van der Waals surface area contributed by atoms with Gasteiger partial charge in [0.2, 0.25) is 0 Å². The van der Waals surface area contributed by atoms with E-state index >= 15 is 0 Å². The molecule has 0 aliphatic rings. The summed E-state index contributed by atoms with van der Waals surface area (Å²) in [7, 11) is 0. The zero-order chi connectivity index (χ0) is 21.9. The van der Waals surface area contributed by atoms with Gasteiger partial charge >= 0.3 is 6.18 Å². The van der Waals surface area contributed by atoms with Crippen molar-refractivity contribution in [1.29, 1.82) is 0 Å². The van der Waals surface area contributed by atoms with Crippen LogP contribution in [0.25, 0.3) is 10.9 Å². The van der Waals surface area contributed by atoms with Gasteiger partial charge in [-0.3, -0.25) is 10.1 Å². The van der Waals surface area contributed by atoms with Gasteiger partial charge in [-0.2, -0.15) is 13.2 Å². The van der Waals surface area contributed by atoms with Crippen molar-refractivity contribution < 1.29 is 23.2 Å². The summed E-state index contributed by atoms with van der Waals surface area (Å²) in [6, 6.07) is 12.5. The van der Waals surface area contributed by atoms with E-state index < -0.39 is 23.2 Å². The van der Waals surface area contributed by atoms with Crippen molar-refractivity contribution in [2.24, 2.45) is 5.73 Å². The molecule has 10 heteroatoms. The molecule has 7 nitrogen and oxygen atoms in total. The number of halogens is 3. The van der Waals surface area contributed by atoms with E-state index in [1.807, 2.05) is 0 Å². The van der Waals surface area contributed by atoms with E-state index in [1.54, 1.807) is 30.3 Å². The Morgan fingerprint density at radius 2 is 1.87 bits per heavy atom. The number of nitro benzene ring substituents is 1. The zero-order valence-corrected chi connectivity index (χ0v) is 15.9. The van der Waals surface area contributed by atoms with Gasteiger partial charge in [-0.1, -0.05) is 30.3 Å². The van der Waals surface area contributed by atoms with E-state index in [-0.39, 0.29) is 41.8 Å². The number of nitro groups is 1. The number of fused-ring (bicyclic) bond motifs is 1. The van der Waals surface area contributed by atoms with Gasteiger partial charge in [0.25, 0.3) is 5.69 Å².